The van der Waals surface area contributed by atoms with Crippen LogP contribution in [0.3, 0.4) is 0 Å². The average molecular weight is 325 g/mol. The second-order valence-electron chi connectivity index (χ2n) is 4.85. The zero-order chi connectivity index (χ0) is 15.2. The molecule has 0 radical (unpaired) electrons. The minimum Gasteiger partial charge on any atom is -0.480 e. The number of carboxylic acid groups (broad SMARTS) is 1. The first-order valence-electron chi connectivity index (χ1n) is 6.95. The predicted octanol–water partition coefficient (Wildman–Crippen LogP) is 2.83. The topological polar surface area (TPSA) is 57.6 Å². The van der Waals surface area contributed by atoms with Gasteiger partial charge in [-0.2, -0.15) is 11.8 Å². The van der Waals surface area contributed by atoms with Gasteiger partial charge in [0.25, 0.3) is 5.91 Å². The molecule has 21 heavy (non-hydrogen) atoms. The lowest BCUT2D eigenvalue weighted by molar-refractivity contribution is -0.136. The van der Waals surface area contributed by atoms with Gasteiger partial charge in [-0.25, -0.2) is 0 Å². The molecule has 1 aliphatic rings. The van der Waals surface area contributed by atoms with Crippen LogP contribution >= 0.6 is 23.5 Å². The summed E-state index contributed by atoms with van der Waals surface area (Å²) in [6.07, 6.45) is 1.01. The number of nitrogens with zero attached hydrogens (tertiary/aromatic N) is 1. The standard InChI is InChI=1S/C15H19NO3S2/c1-11(15(18)19)21-13-6-3-2-5-12(13)14(17)16-7-4-9-20-10-8-16/h2-3,5-6,11H,4,7-10H2,1H3,(H,18,19). The summed E-state index contributed by atoms with van der Waals surface area (Å²) in [5.74, 6) is 1.20. The Kier molecular flexibility index (Phi) is 5.99. The Morgan fingerprint density at radius 1 is 1.29 bits per heavy atom. The number of hydrogen-bond donors (Lipinski definition) is 1. The van der Waals surface area contributed by atoms with Crippen LogP contribution in [-0.2, 0) is 4.79 Å². The first kappa shape index (κ1) is 16.2. The van der Waals surface area contributed by atoms with Crippen molar-refractivity contribution in [2.45, 2.75) is 23.5 Å². The number of benzene rings is 1. The largest absolute Gasteiger partial charge is 0.480 e. The van der Waals surface area contributed by atoms with Crippen LogP contribution in [0.2, 0.25) is 0 Å². The van der Waals surface area contributed by atoms with E-state index in [1.54, 1.807) is 13.0 Å². The maximum Gasteiger partial charge on any atom is 0.316 e. The smallest absolute Gasteiger partial charge is 0.316 e. The SMILES string of the molecule is CC(Sc1ccccc1C(=O)N1CCCSCC1)C(=O)O. The van der Waals surface area contributed by atoms with Gasteiger partial charge < -0.3 is 10.0 Å². The highest BCUT2D eigenvalue weighted by atomic mass is 32.2. The van der Waals surface area contributed by atoms with Crippen LogP contribution in [0.15, 0.2) is 29.2 Å². The van der Waals surface area contributed by atoms with Crippen LogP contribution in [0.5, 0.6) is 0 Å². The third-order valence-corrected chi connectivity index (χ3v) is 5.49. The Bertz CT molecular complexity index is 513. The fourth-order valence-corrected chi connectivity index (χ4v) is 3.91. The van der Waals surface area contributed by atoms with E-state index in [9.17, 15) is 9.59 Å². The van der Waals surface area contributed by atoms with Gasteiger partial charge in [0.15, 0.2) is 0 Å². The van der Waals surface area contributed by atoms with Gasteiger partial charge in [-0.15, -0.1) is 11.8 Å². The average Bonchev–Trinajstić information content (AvgIpc) is 2.76. The molecule has 0 bridgehead atoms. The maximum atomic E-state index is 12.7. The minimum absolute atomic E-state index is 0.0122. The molecule has 0 aromatic heterocycles. The lowest BCUT2D eigenvalue weighted by Gasteiger charge is -2.21. The number of amides is 1. The molecule has 1 aromatic rings. The molecule has 4 nitrogen and oxygen atoms in total. The minimum atomic E-state index is -0.867. The number of carbonyl (C=O) groups excluding carboxylic acids is 1. The monoisotopic (exact) mass is 325 g/mol. The number of aliphatic carboxylic acids is 1. The molecule has 1 N–H and O–H groups in total. The molecule has 0 saturated carbocycles. The second-order valence-corrected chi connectivity index (χ2v) is 7.46. The Hall–Kier alpha value is -1.14. The van der Waals surface area contributed by atoms with Crippen LogP contribution in [0, 0.1) is 0 Å². The van der Waals surface area contributed by atoms with Gasteiger partial charge in [-0.3, -0.25) is 9.59 Å². The molecule has 0 aliphatic carbocycles. The van der Waals surface area contributed by atoms with E-state index in [1.165, 1.54) is 11.8 Å². The summed E-state index contributed by atoms with van der Waals surface area (Å²) in [7, 11) is 0. The summed E-state index contributed by atoms with van der Waals surface area (Å²) in [4.78, 5) is 26.3. The number of thioether (sulfide) groups is 2. The third-order valence-electron chi connectivity index (χ3n) is 3.28. The molecule has 0 spiro atoms. The summed E-state index contributed by atoms with van der Waals surface area (Å²) in [5, 5.41) is 8.47. The van der Waals surface area contributed by atoms with Gasteiger partial charge >= 0.3 is 5.97 Å². The van der Waals surface area contributed by atoms with Crippen molar-refractivity contribution in [2.75, 3.05) is 24.6 Å². The first-order chi connectivity index (χ1) is 10.1. The number of carboxylic acids is 1. The lowest BCUT2D eigenvalue weighted by atomic mass is 10.2. The summed E-state index contributed by atoms with van der Waals surface area (Å²) in [6, 6.07) is 7.28. The maximum absolute atomic E-state index is 12.7. The number of rotatable bonds is 4. The fraction of sp³-hybridized carbons (Fsp3) is 0.467. The van der Waals surface area contributed by atoms with Crippen molar-refractivity contribution in [1.29, 1.82) is 0 Å². The molecule has 6 heteroatoms. The van der Waals surface area contributed by atoms with E-state index in [4.69, 9.17) is 5.11 Å². The van der Waals surface area contributed by atoms with Gasteiger partial charge in [0.2, 0.25) is 0 Å². The van der Waals surface area contributed by atoms with Crippen LogP contribution in [0.25, 0.3) is 0 Å². The lowest BCUT2D eigenvalue weighted by Crippen LogP contribution is -2.33. The van der Waals surface area contributed by atoms with Gasteiger partial charge in [0.05, 0.1) is 5.56 Å². The number of carbonyl (C=O) groups is 2. The molecule has 1 aromatic carbocycles. The summed E-state index contributed by atoms with van der Waals surface area (Å²) in [6.45, 7) is 3.17. The normalized spacial score (nSPS) is 17.1. The van der Waals surface area contributed by atoms with Crippen molar-refractivity contribution in [1.82, 2.24) is 4.90 Å². The molecule has 1 heterocycles. The Labute approximate surface area is 133 Å². The van der Waals surface area contributed by atoms with Crippen molar-refractivity contribution in [3.8, 4) is 0 Å². The summed E-state index contributed by atoms with van der Waals surface area (Å²) >= 11 is 3.10. The fourth-order valence-electron chi connectivity index (χ4n) is 2.11. The van der Waals surface area contributed by atoms with Crippen LogP contribution in [0.4, 0.5) is 0 Å². The number of hydrogen-bond acceptors (Lipinski definition) is 4. The van der Waals surface area contributed by atoms with Crippen LogP contribution in [-0.4, -0.2) is 51.7 Å². The zero-order valence-corrected chi connectivity index (χ0v) is 13.6. The van der Waals surface area contributed by atoms with E-state index in [1.807, 2.05) is 34.9 Å². The molecule has 2 rings (SSSR count). The highest BCUT2D eigenvalue weighted by Crippen LogP contribution is 2.28. The van der Waals surface area contributed by atoms with Gasteiger partial charge in [-0.05, 0) is 31.2 Å². The first-order valence-corrected chi connectivity index (χ1v) is 8.98. The Balaban J connectivity index is 2.18. The van der Waals surface area contributed by atoms with Gasteiger partial charge in [-0.1, -0.05) is 12.1 Å². The molecule has 1 unspecified atom stereocenters. The Morgan fingerprint density at radius 3 is 2.81 bits per heavy atom. The van der Waals surface area contributed by atoms with E-state index in [0.717, 1.165) is 35.9 Å². The van der Waals surface area contributed by atoms with Crippen LogP contribution in [0.1, 0.15) is 23.7 Å². The molecular weight excluding hydrogens is 306 g/mol. The molecule has 1 saturated heterocycles. The van der Waals surface area contributed by atoms with E-state index < -0.39 is 11.2 Å². The van der Waals surface area contributed by atoms with E-state index in [2.05, 4.69) is 0 Å². The predicted molar refractivity (Wildman–Crippen MR) is 87.2 cm³/mol. The summed E-state index contributed by atoms with van der Waals surface area (Å²) in [5.41, 5.74) is 0.613. The quantitative estimate of drug-likeness (QED) is 0.863. The van der Waals surface area contributed by atoms with Gasteiger partial charge in [0, 0.05) is 23.7 Å². The molecule has 1 fully saturated rings. The van der Waals surface area contributed by atoms with Crippen molar-refractivity contribution in [3.63, 3.8) is 0 Å². The second kappa shape index (κ2) is 7.75. The van der Waals surface area contributed by atoms with E-state index in [0.29, 0.717) is 5.56 Å². The van der Waals surface area contributed by atoms with Crippen molar-refractivity contribution in [2.24, 2.45) is 0 Å². The summed E-state index contributed by atoms with van der Waals surface area (Å²) < 4.78 is 0. The molecule has 1 amide bonds. The highest BCUT2D eigenvalue weighted by molar-refractivity contribution is 8.00. The van der Waals surface area contributed by atoms with Crippen molar-refractivity contribution >= 4 is 35.4 Å². The van der Waals surface area contributed by atoms with Crippen molar-refractivity contribution in [3.05, 3.63) is 29.8 Å². The van der Waals surface area contributed by atoms with Crippen LogP contribution < -0.4 is 0 Å². The highest BCUT2D eigenvalue weighted by Gasteiger charge is 2.22. The molecular formula is C15H19NO3S2. The third kappa shape index (κ3) is 4.41. The zero-order valence-electron chi connectivity index (χ0n) is 11.9. The molecule has 1 atom stereocenters. The molecule has 114 valence electrons. The van der Waals surface area contributed by atoms with E-state index >= 15 is 0 Å². The van der Waals surface area contributed by atoms with E-state index in [-0.39, 0.29) is 5.91 Å². The molecule has 1 aliphatic heterocycles. The van der Waals surface area contributed by atoms with Crippen molar-refractivity contribution < 1.29 is 14.7 Å². The van der Waals surface area contributed by atoms with Gasteiger partial charge in [0.1, 0.15) is 5.25 Å². The Morgan fingerprint density at radius 2 is 2.05 bits per heavy atom.